The molecular weight excluding hydrogens is 322 g/mol. The van der Waals surface area contributed by atoms with E-state index >= 15 is 0 Å². The number of ether oxygens (including phenoxy) is 1. The SMILES string of the molecule is O=C(c1ccc2onc(-c3coc(C4CC4)n3)c2c1)N1CCOCC1. The van der Waals surface area contributed by atoms with E-state index in [0.717, 1.165) is 24.1 Å². The third kappa shape index (κ3) is 2.60. The van der Waals surface area contributed by atoms with E-state index in [1.54, 1.807) is 23.3 Å². The minimum atomic E-state index is -0.00354. The fraction of sp³-hybridized carbons (Fsp3) is 0.389. The van der Waals surface area contributed by atoms with Gasteiger partial charge in [0.25, 0.3) is 5.91 Å². The summed E-state index contributed by atoms with van der Waals surface area (Å²) in [6.45, 7) is 2.38. The van der Waals surface area contributed by atoms with Crippen LogP contribution in [0.3, 0.4) is 0 Å². The van der Waals surface area contributed by atoms with Gasteiger partial charge in [-0.1, -0.05) is 5.16 Å². The van der Waals surface area contributed by atoms with Gasteiger partial charge in [-0.3, -0.25) is 4.79 Å². The van der Waals surface area contributed by atoms with Crippen molar-refractivity contribution in [2.24, 2.45) is 0 Å². The first-order chi connectivity index (χ1) is 12.3. The van der Waals surface area contributed by atoms with Crippen LogP contribution in [-0.4, -0.2) is 47.3 Å². The van der Waals surface area contributed by atoms with Crippen LogP contribution in [0, 0.1) is 0 Å². The van der Waals surface area contributed by atoms with Crippen LogP contribution in [0.4, 0.5) is 0 Å². The topological polar surface area (TPSA) is 81.6 Å². The van der Waals surface area contributed by atoms with Crippen molar-refractivity contribution in [3.05, 3.63) is 35.9 Å². The average Bonchev–Trinajstić information content (AvgIpc) is 3.25. The Morgan fingerprint density at radius 3 is 2.84 bits per heavy atom. The lowest BCUT2D eigenvalue weighted by Crippen LogP contribution is -2.40. The van der Waals surface area contributed by atoms with Crippen LogP contribution in [0.25, 0.3) is 22.4 Å². The first-order valence-electron chi connectivity index (χ1n) is 8.52. The highest BCUT2D eigenvalue weighted by Crippen LogP contribution is 2.40. The summed E-state index contributed by atoms with van der Waals surface area (Å²) >= 11 is 0. The first-order valence-corrected chi connectivity index (χ1v) is 8.52. The Kier molecular flexibility index (Phi) is 3.34. The molecule has 1 saturated heterocycles. The summed E-state index contributed by atoms with van der Waals surface area (Å²) in [6, 6.07) is 5.37. The summed E-state index contributed by atoms with van der Waals surface area (Å²) in [5, 5.41) is 4.90. The van der Waals surface area contributed by atoms with Crippen molar-refractivity contribution in [3.8, 4) is 11.4 Å². The lowest BCUT2D eigenvalue weighted by molar-refractivity contribution is 0.0303. The molecule has 1 aliphatic carbocycles. The molecule has 5 rings (SSSR count). The summed E-state index contributed by atoms with van der Waals surface area (Å²) in [5.74, 6) is 1.19. The third-order valence-electron chi connectivity index (χ3n) is 4.71. The molecule has 1 saturated carbocycles. The molecule has 1 aliphatic heterocycles. The molecule has 25 heavy (non-hydrogen) atoms. The van der Waals surface area contributed by atoms with Gasteiger partial charge in [-0.2, -0.15) is 0 Å². The van der Waals surface area contributed by atoms with Crippen molar-refractivity contribution in [1.82, 2.24) is 15.0 Å². The molecule has 128 valence electrons. The highest BCUT2D eigenvalue weighted by molar-refractivity contribution is 6.00. The van der Waals surface area contributed by atoms with Crippen molar-refractivity contribution in [2.45, 2.75) is 18.8 Å². The molecule has 2 aliphatic rings. The van der Waals surface area contributed by atoms with Crippen molar-refractivity contribution in [3.63, 3.8) is 0 Å². The van der Waals surface area contributed by atoms with Gasteiger partial charge in [0, 0.05) is 24.6 Å². The number of nitrogens with zero attached hydrogens (tertiary/aromatic N) is 3. The minimum Gasteiger partial charge on any atom is -0.448 e. The van der Waals surface area contributed by atoms with Crippen LogP contribution in [0.1, 0.15) is 35.0 Å². The Hall–Kier alpha value is -2.67. The lowest BCUT2D eigenvalue weighted by Gasteiger charge is -2.26. The predicted octanol–water partition coefficient (Wildman–Crippen LogP) is 2.83. The molecule has 0 bridgehead atoms. The van der Waals surface area contributed by atoms with Gasteiger partial charge in [0.2, 0.25) is 0 Å². The number of benzene rings is 1. The van der Waals surface area contributed by atoms with E-state index < -0.39 is 0 Å². The predicted molar refractivity (Wildman–Crippen MR) is 88.2 cm³/mol. The van der Waals surface area contributed by atoms with Crippen molar-refractivity contribution >= 4 is 16.9 Å². The Morgan fingerprint density at radius 2 is 2.04 bits per heavy atom. The number of carbonyl (C=O) groups is 1. The van der Waals surface area contributed by atoms with Gasteiger partial charge in [-0.05, 0) is 31.0 Å². The largest absolute Gasteiger partial charge is 0.448 e. The molecule has 3 aromatic rings. The van der Waals surface area contributed by atoms with Gasteiger partial charge in [-0.25, -0.2) is 4.98 Å². The lowest BCUT2D eigenvalue weighted by atomic mass is 10.1. The molecule has 0 unspecified atom stereocenters. The van der Waals surface area contributed by atoms with E-state index in [1.165, 1.54) is 0 Å². The number of hydrogen-bond donors (Lipinski definition) is 0. The fourth-order valence-corrected chi connectivity index (χ4v) is 3.12. The van der Waals surface area contributed by atoms with Gasteiger partial charge in [0.15, 0.2) is 11.5 Å². The van der Waals surface area contributed by atoms with E-state index in [2.05, 4.69) is 10.1 Å². The maximum absolute atomic E-state index is 12.7. The van der Waals surface area contributed by atoms with Gasteiger partial charge < -0.3 is 18.6 Å². The molecule has 1 aromatic carbocycles. The van der Waals surface area contributed by atoms with Crippen LogP contribution >= 0.6 is 0 Å². The molecule has 0 atom stereocenters. The minimum absolute atomic E-state index is 0.00354. The molecule has 0 spiro atoms. The average molecular weight is 339 g/mol. The second-order valence-corrected chi connectivity index (χ2v) is 6.49. The van der Waals surface area contributed by atoms with Gasteiger partial charge in [0.1, 0.15) is 17.7 Å². The summed E-state index contributed by atoms with van der Waals surface area (Å²) in [5.41, 5.74) is 2.51. The standard InChI is InChI=1S/C18H17N3O4/c22-18(21-5-7-23-8-6-21)12-3-4-15-13(9-12)16(20-25-15)14-10-24-17(19-14)11-1-2-11/h3-4,9-11H,1-2,5-8H2. The molecule has 2 aromatic heterocycles. The number of morpholine rings is 1. The molecule has 7 heteroatoms. The second kappa shape index (κ2) is 5.70. The fourth-order valence-electron chi connectivity index (χ4n) is 3.12. The summed E-state index contributed by atoms with van der Waals surface area (Å²) in [4.78, 5) is 19.0. The zero-order chi connectivity index (χ0) is 16.8. The smallest absolute Gasteiger partial charge is 0.254 e. The number of rotatable bonds is 3. The third-order valence-corrected chi connectivity index (χ3v) is 4.71. The number of amides is 1. The molecule has 7 nitrogen and oxygen atoms in total. The van der Waals surface area contributed by atoms with Crippen LogP contribution in [0.5, 0.6) is 0 Å². The van der Waals surface area contributed by atoms with E-state index in [-0.39, 0.29) is 5.91 Å². The monoisotopic (exact) mass is 339 g/mol. The summed E-state index contributed by atoms with van der Waals surface area (Å²) in [7, 11) is 0. The van der Waals surface area contributed by atoms with Gasteiger partial charge >= 0.3 is 0 Å². The molecular formula is C18H17N3O4. The summed E-state index contributed by atoms with van der Waals surface area (Å²) in [6.07, 6.45) is 3.86. The number of hydrogen-bond acceptors (Lipinski definition) is 6. The zero-order valence-electron chi connectivity index (χ0n) is 13.6. The maximum Gasteiger partial charge on any atom is 0.254 e. The maximum atomic E-state index is 12.7. The Balaban J connectivity index is 1.50. The van der Waals surface area contributed by atoms with Crippen molar-refractivity contribution in [2.75, 3.05) is 26.3 Å². The molecule has 1 amide bonds. The second-order valence-electron chi connectivity index (χ2n) is 6.49. The first kappa shape index (κ1) is 14.7. The Labute approximate surface area is 143 Å². The number of oxazole rings is 1. The van der Waals surface area contributed by atoms with Crippen LogP contribution in [-0.2, 0) is 4.74 Å². The Morgan fingerprint density at radius 1 is 1.20 bits per heavy atom. The van der Waals surface area contributed by atoms with Crippen molar-refractivity contribution < 1.29 is 18.5 Å². The van der Waals surface area contributed by atoms with E-state index in [1.807, 2.05) is 6.07 Å². The van der Waals surface area contributed by atoms with Crippen LogP contribution < -0.4 is 0 Å². The molecule has 0 radical (unpaired) electrons. The van der Waals surface area contributed by atoms with Crippen LogP contribution in [0.15, 0.2) is 33.4 Å². The van der Waals surface area contributed by atoms with E-state index in [9.17, 15) is 4.79 Å². The number of aromatic nitrogens is 2. The zero-order valence-corrected chi connectivity index (χ0v) is 13.6. The summed E-state index contributed by atoms with van der Waals surface area (Å²) < 4.78 is 16.3. The van der Waals surface area contributed by atoms with Gasteiger partial charge in [-0.15, -0.1) is 0 Å². The molecule has 3 heterocycles. The van der Waals surface area contributed by atoms with Crippen molar-refractivity contribution in [1.29, 1.82) is 0 Å². The number of carbonyl (C=O) groups excluding carboxylic acids is 1. The van der Waals surface area contributed by atoms with Gasteiger partial charge in [0.05, 0.1) is 18.6 Å². The Bertz CT molecular complexity index is 935. The van der Waals surface area contributed by atoms with E-state index in [4.69, 9.17) is 13.7 Å². The van der Waals surface area contributed by atoms with E-state index in [0.29, 0.717) is 54.8 Å². The van der Waals surface area contributed by atoms with Crippen LogP contribution in [0.2, 0.25) is 0 Å². The highest BCUT2D eigenvalue weighted by atomic mass is 16.5. The molecule has 2 fully saturated rings. The molecule has 0 N–H and O–H groups in total. The highest BCUT2D eigenvalue weighted by Gasteiger charge is 2.29. The normalized spacial score (nSPS) is 18.0. The quantitative estimate of drug-likeness (QED) is 0.730. The number of fused-ring (bicyclic) bond motifs is 1.